The average molecular weight is 498 g/mol. The summed E-state index contributed by atoms with van der Waals surface area (Å²) >= 11 is 17.0. The molecule has 9 heteroatoms. The maximum absolute atomic E-state index is 12.0. The Morgan fingerprint density at radius 1 is 1.11 bits per heavy atom. The Labute approximate surface area is 185 Å². The summed E-state index contributed by atoms with van der Waals surface area (Å²) in [5, 5.41) is 6.70. The lowest BCUT2D eigenvalue weighted by Gasteiger charge is -2.11. The van der Waals surface area contributed by atoms with Crippen molar-refractivity contribution in [2.75, 3.05) is 10.0 Å². The number of hydrogen-bond donors (Lipinski definition) is 3. The third-order valence-corrected chi connectivity index (χ3v) is 6.05. The molecule has 0 atom stereocenters. The summed E-state index contributed by atoms with van der Waals surface area (Å²) in [6.07, 6.45) is 3.40. The fourth-order valence-corrected chi connectivity index (χ4v) is 4.45. The average Bonchev–Trinajstić information content (AvgIpc) is 2.67. The van der Waals surface area contributed by atoms with E-state index in [2.05, 4.69) is 36.3 Å². The van der Waals surface area contributed by atoms with Crippen LogP contribution in [-0.4, -0.2) is 11.0 Å². The molecule has 144 valence electrons. The second kappa shape index (κ2) is 10.0. The van der Waals surface area contributed by atoms with Crippen LogP contribution in [0.5, 0.6) is 0 Å². The van der Waals surface area contributed by atoms with Crippen LogP contribution in [-0.2, 0) is 6.54 Å². The molecule has 3 rings (SSSR count). The lowest BCUT2D eigenvalue weighted by Crippen LogP contribution is -2.28. The third-order valence-electron chi connectivity index (χ3n) is 3.55. The highest BCUT2D eigenvalue weighted by atomic mass is 79.9. The summed E-state index contributed by atoms with van der Waals surface area (Å²) in [4.78, 5) is 16.8. The number of rotatable bonds is 6. The van der Waals surface area contributed by atoms with Crippen LogP contribution in [0.2, 0.25) is 10.0 Å². The first-order valence-corrected chi connectivity index (χ1v) is 10.5. The Kier molecular flexibility index (Phi) is 7.44. The van der Waals surface area contributed by atoms with Crippen molar-refractivity contribution < 1.29 is 4.79 Å². The van der Waals surface area contributed by atoms with Crippen LogP contribution in [0.1, 0.15) is 5.56 Å². The summed E-state index contributed by atoms with van der Waals surface area (Å²) < 4.78 is 4.02. The van der Waals surface area contributed by atoms with Gasteiger partial charge in [-0.3, -0.25) is 4.98 Å². The molecule has 5 nitrogen and oxygen atoms in total. The first kappa shape index (κ1) is 20.8. The van der Waals surface area contributed by atoms with Gasteiger partial charge in [0.2, 0.25) is 0 Å². The highest BCUT2D eigenvalue weighted by molar-refractivity contribution is 9.10. The Morgan fingerprint density at radius 3 is 2.54 bits per heavy atom. The molecule has 0 saturated carbocycles. The van der Waals surface area contributed by atoms with Gasteiger partial charge < -0.3 is 15.4 Å². The summed E-state index contributed by atoms with van der Waals surface area (Å²) in [6, 6.07) is 14.3. The number of carbonyl (C=O) groups is 1. The zero-order chi connectivity index (χ0) is 19.9. The topological polar surface area (TPSA) is 66.0 Å². The van der Waals surface area contributed by atoms with Gasteiger partial charge in [-0.1, -0.05) is 29.3 Å². The number of nitrogens with one attached hydrogen (secondary N) is 3. The first-order valence-electron chi connectivity index (χ1n) is 8.12. The van der Waals surface area contributed by atoms with Crippen LogP contribution in [0.15, 0.2) is 70.3 Å². The van der Waals surface area contributed by atoms with E-state index in [0.717, 1.165) is 20.6 Å². The summed E-state index contributed by atoms with van der Waals surface area (Å²) in [6.45, 7) is 0.409. The van der Waals surface area contributed by atoms with Crippen LogP contribution in [0.3, 0.4) is 0 Å². The predicted molar refractivity (Wildman–Crippen MR) is 120 cm³/mol. The monoisotopic (exact) mass is 496 g/mol. The standard InChI is InChI=1S/C19H15BrCl2N4OS/c20-16-8-13(21)9-17(22)18(16)28-26-15-5-3-14(4-6-15)25-19(27)24-11-12-2-1-7-23-10-12/h1-10,26H,11H2,(H2,24,25,27). The molecule has 3 N–H and O–H groups in total. The van der Waals surface area contributed by atoms with Crippen LogP contribution < -0.4 is 15.4 Å². The molecule has 2 amide bonds. The molecule has 0 aliphatic heterocycles. The minimum Gasteiger partial charge on any atom is -0.334 e. The molecule has 0 bridgehead atoms. The molecule has 2 aromatic carbocycles. The van der Waals surface area contributed by atoms with Crippen molar-refractivity contribution in [3.8, 4) is 0 Å². The van der Waals surface area contributed by atoms with Crippen LogP contribution in [0.4, 0.5) is 16.2 Å². The molecule has 1 aromatic heterocycles. The lowest BCUT2D eigenvalue weighted by molar-refractivity contribution is 0.251. The normalized spacial score (nSPS) is 10.4. The zero-order valence-electron chi connectivity index (χ0n) is 14.4. The Morgan fingerprint density at radius 2 is 1.86 bits per heavy atom. The van der Waals surface area contributed by atoms with E-state index < -0.39 is 0 Å². The van der Waals surface area contributed by atoms with Crippen molar-refractivity contribution in [2.45, 2.75) is 11.4 Å². The second-order valence-corrected chi connectivity index (χ2v) is 8.16. The molecular weight excluding hydrogens is 483 g/mol. The van der Waals surface area contributed by atoms with Gasteiger partial charge in [-0.2, -0.15) is 0 Å². The van der Waals surface area contributed by atoms with Crippen LogP contribution in [0.25, 0.3) is 0 Å². The number of urea groups is 1. The SMILES string of the molecule is O=C(NCc1cccnc1)Nc1ccc(NSc2c(Cl)cc(Cl)cc2Br)cc1. The van der Waals surface area contributed by atoms with Crippen molar-refractivity contribution in [3.63, 3.8) is 0 Å². The summed E-state index contributed by atoms with van der Waals surface area (Å²) in [7, 11) is 0. The molecule has 3 aromatic rings. The number of amides is 2. The van der Waals surface area contributed by atoms with Crippen molar-refractivity contribution in [2.24, 2.45) is 0 Å². The zero-order valence-corrected chi connectivity index (χ0v) is 18.3. The highest BCUT2D eigenvalue weighted by Gasteiger charge is 2.09. The fourth-order valence-electron chi connectivity index (χ4n) is 2.22. The van der Waals surface area contributed by atoms with E-state index in [1.54, 1.807) is 24.5 Å². The van der Waals surface area contributed by atoms with Gasteiger partial charge in [-0.05, 0) is 75.9 Å². The maximum Gasteiger partial charge on any atom is 0.319 e. The van der Waals surface area contributed by atoms with E-state index in [4.69, 9.17) is 23.2 Å². The lowest BCUT2D eigenvalue weighted by atomic mass is 10.3. The van der Waals surface area contributed by atoms with E-state index in [9.17, 15) is 4.79 Å². The van der Waals surface area contributed by atoms with Crippen molar-refractivity contribution >= 4 is 68.5 Å². The molecule has 28 heavy (non-hydrogen) atoms. The summed E-state index contributed by atoms with van der Waals surface area (Å²) in [5.41, 5.74) is 2.48. The van der Waals surface area contributed by atoms with Crippen molar-refractivity contribution in [1.82, 2.24) is 10.3 Å². The Hall–Kier alpha value is -1.93. The third kappa shape index (κ3) is 6.04. The number of anilines is 2. The maximum atomic E-state index is 12.0. The number of nitrogens with zero attached hydrogens (tertiary/aromatic N) is 1. The smallest absolute Gasteiger partial charge is 0.319 e. The molecule has 0 fully saturated rings. The van der Waals surface area contributed by atoms with Gasteiger partial charge in [0.05, 0.1) is 9.92 Å². The van der Waals surface area contributed by atoms with Gasteiger partial charge in [0, 0.05) is 39.8 Å². The number of halogens is 3. The van der Waals surface area contributed by atoms with Gasteiger partial charge in [-0.25, -0.2) is 4.79 Å². The molecule has 1 heterocycles. The number of benzene rings is 2. The predicted octanol–water partition coefficient (Wildman–Crippen LogP) is 6.59. The molecular formula is C19H15BrCl2N4OS. The van der Waals surface area contributed by atoms with Crippen LogP contribution in [0, 0.1) is 0 Å². The Balaban J connectivity index is 1.51. The largest absolute Gasteiger partial charge is 0.334 e. The second-order valence-electron chi connectivity index (χ2n) is 5.65. The summed E-state index contributed by atoms with van der Waals surface area (Å²) in [5.74, 6) is 0. The minimum atomic E-state index is -0.282. The molecule has 0 aliphatic carbocycles. The number of hydrogen-bond acceptors (Lipinski definition) is 4. The van der Waals surface area contributed by atoms with E-state index in [1.165, 1.54) is 11.9 Å². The van der Waals surface area contributed by atoms with E-state index >= 15 is 0 Å². The van der Waals surface area contributed by atoms with Crippen molar-refractivity contribution in [1.29, 1.82) is 0 Å². The molecule has 0 radical (unpaired) electrons. The first-order chi connectivity index (χ1) is 13.5. The minimum absolute atomic E-state index is 0.282. The molecule has 0 spiro atoms. The Bertz CT molecular complexity index is 935. The quantitative estimate of drug-likeness (QED) is 0.336. The number of pyridine rings is 1. The highest BCUT2D eigenvalue weighted by Crippen LogP contribution is 2.37. The fraction of sp³-hybridized carbons (Fsp3) is 0.0526. The molecule has 0 aliphatic rings. The van der Waals surface area contributed by atoms with Gasteiger partial charge in [0.1, 0.15) is 0 Å². The van der Waals surface area contributed by atoms with Crippen LogP contribution >= 0.6 is 51.1 Å². The van der Waals surface area contributed by atoms with E-state index in [-0.39, 0.29) is 6.03 Å². The molecule has 0 unspecified atom stereocenters. The molecule has 0 saturated heterocycles. The van der Waals surface area contributed by atoms with Gasteiger partial charge >= 0.3 is 6.03 Å². The van der Waals surface area contributed by atoms with Gasteiger partial charge in [0.25, 0.3) is 0 Å². The van der Waals surface area contributed by atoms with Gasteiger partial charge in [0.15, 0.2) is 0 Å². The van der Waals surface area contributed by atoms with Crippen molar-refractivity contribution in [3.05, 3.63) is 81.0 Å². The van der Waals surface area contributed by atoms with E-state index in [0.29, 0.717) is 22.3 Å². The number of carbonyl (C=O) groups excluding carboxylic acids is 1. The van der Waals surface area contributed by atoms with Gasteiger partial charge in [-0.15, -0.1) is 0 Å². The van der Waals surface area contributed by atoms with E-state index in [1.807, 2.05) is 36.4 Å². The number of aromatic nitrogens is 1.